The SMILES string of the molecule is CC1(C2CCCN(C(=O)NCc3ccc(C(=O)O)cc3)C2)OCCO1. The first-order chi connectivity index (χ1) is 12.0. The van der Waals surface area contributed by atoms with Crippen LogP contribution in [0.1, 0.15) is 35.7 Å². The van der Waals surface area contributed by atoms with Gasteiger partial charge in [-0.25, -0.2) is 9.59 Å². The minimum absolute atomic E-state index is 0.117. The number of amides is 2. The first-order valence-corrected chi connectivity index (χ1v) is 8.61. The monoisotopic (exact) mass is 348 g/mol. The molecule has 0 aromatic heterocycles. The molecule has 2 amide bonds. The van der Waals surface area contributed by atoms with E-state index < -0.39 is 11.8 Å². The van der Waals surface area contributed by atoms with Gasteiger partial charge in [0.25, 0.3) is 0 Å². The van der Waals surface area contributed by atoms with Gasteiger partial charge >= 0.3 is 12.0 Å². The minimum atomic E-state index is -0.959. The maximum atomic E-state index is 12.5. The predicted octanol–water partition coefficient (Wildman–Crippen LogP) is 2.07. The molecule has 1 aromatic rings. The number of aromatic carboxylic acids is 1. The van der Waals surface area contributed by atoms with Crippen LogP contribution in [0, 0.1) is 5.92 Å². The van der Waals surface area contributed by atoms with Gasteiger partial charge in [0, 0.05) is 25.6 Å². The summed E-state index contributed by atoms with van der Waals surface area (Å²) in [4.78, 5) is 25.1. The standard InChI is InChI=1S/C18H24N2O5/c1-18(24-9-10-25-18)15-3-2-8-20(12-15)17(23)19-11-13-4-6-14(7-5-13)16(21)22/h4-7,15H,2-3,8-12H2,1H3,(H,19,23)(H,21,22). The Morgan fingerprint density at radius 2 is 1.96 bits per heavy atom. The van der Waals surface area contributed by atoms with Crippen LogP contribution in [-0.4, -0.2) is 54.1 Å². The molecule has 2 heterocycles. The van der Waals surface area contributed by atoms with E-state index in [9.17, 15) is 9.59 Å². The van der Waals surface area contributed by atoms with Crippen molar-refractivity contribution in [3.05, 3.63) is 35.4 Å². The largest absolute Gasteiger partial charge is 0.478 e. The van der Waals surface area contributed by atoms with E-state index in [-0.39, 0.29) is 17.5 Å². The lowest BCUT2D eigenvalue weighted by atomic mass is 9.90. The summed E-state index contributed by atoms with van der Waals surface area (Å²) < 4.78 is 11.5. The number of benzene rings is 1. The van der Waals surface area contributed by atoms with E-state index in [4.69, 9.17) is 14.6 Å². The average Bonchev–Trinajstić information content (AvgIpc) is 3.08. The van der Waals surface area contributed by atoms with Gasteiger partial charge in [0.05, 0.1) is 18.8 Å². The Kier molecular flexibility index (Phi) is 5.24. The summed E-state index contributed by atoms with van der Waals surface area (Å²) in [5.74, 6) is -1.38. The van der Waals surface area contributed by atoms with Gasteiger partial charge in [0.1, 0.15) is 0 Å². The fourth-order valence-electron chi connectivity index (χ4n) is 3.41. The molecule has 1 unspecified atom stereocenters. The molecule has 2 fully saturated rings. The number of hydrogen-bond donors (Lipinski definition) is 2. The van der Waals surface area contributed by atoms with Crippen LogP contribution >= 0.6 is 0 Å². The van der Waals surface area contributed by atoms with Crippen LogP contribution in [0.3, 0.4) is 0 Å². The molecule has 2 aliphatic rings. The number of carboxylic acids is 1. The van der Waals surface area contributed by atoms with Crippen LogP contribution in [0.25, 0.3) is 0 Å². The van der Waals surface area contributed by atoms with Crippen LogP contribution in [0.2, 0.25) is 0 Å². The minimum Gasteiger partial charge on any atom is -0.478 e. The van der Waals surface area contributed by atoms with Crippen molar-refractivity contribution in [2.75, 3.05) is 26.3 Å². The topological polar surface area (TPSA) is 88.1 Å². The Morgan fingerprint density at radius 3 is 2.60 bits per heavy atom. The molecule has 1 atom stereocenters. The van der Waals surface area contributed by atoms with Crippen molar-refractivity contribution >= 4 is 12.0 Å². The number of hydrogen-bond acceptors (Lipinski definition) is 4. The summed E-state index contributed by atoms with van der Waals surface area (Å²) in [6, 6.07) is 6.38. The Bertz CT molecular complexity index is 625. The van der Waals surface area contributed by atoms with Crippen molar-refractivity contribution in [3.63, 3.8) is 0 Å². The second kappa shape index (κ2) is 7.41. The molecule has 7 nitrogen and oxygen atoms in total. The van der Waals surface area contributed by atoms with Gasteiger partial charge in [-0.15, -0.1) is 0 Å². The highest BCUT2D eigenvalue weighted by molar-refractivity contribution is 5.87. The van der Waals surface area contributed by atoms with Gasteiger partial charge in [-0.1, -0.05) is 12.1 Å². The fraction of sp³-hybridized carbons (Fsp3) is 0.556. The molecule has 0 radical (unpaired) electrons. The number of urea groups is 1. The van der Waals surface area contributed by atoms with E-state index in [0.717, 1.165) is 24.9 Å². The van der Waals surface area contributed by atoms with Gasteiger partial charge in [-0.2, -0.15) is 0 Å². The zero-order chi connectivity index (χ0) is 17.9. The summed E-state index contributed by atoms with van der Waals surface area (Å²) in [5, 5.41) is 11.8. The van der Waals surface area contributed by atoms with Gasteiger partial charge in [0.15, 0.2) is 5.79 Å². The third-order valence-electron chi connectivity index (χ3n) is 4.96. The summed E-state index contributed by atoms with van der Waals surface area (Å²) in [7, 11) is 0. The second-order valence-corrected chi connectivity index (χ2v) is 6.66. The zero-order valence-electron chi connectivity index (χ0n) is 14.4. The zero-order valence-corrected chi connectivity index (χ0v) is 14.4. The van der Waals surface area contributed by atoms with Crippen molar-refractivity contribution in [2.45, 2.75) is 32.1 Å². The highest BCUT2D eigenvalue weighted by Gasteiger charge is 2.42. The van der Waals surface area contributed by atoms with Gasteiger partial charge in [-0.3, -0.25) is 0 Å². The van der Waals surface area contributed by atoms with Crippen LogP contribution in [-0.2, 0) is 16.0 Å². The Morgan fingerprint density at radius 1 is 1.28 bits per heavy atom. The molecule has 7 heteroatoms. The molecule has 0 bridgehead atoms. The van der Waals surface area contributed by atoms with Crippen molar-refractivity contribution in [2.24, 2.45) is 5.92 Å². The maximum absolute atomic E-state index is 12.5. The molecule has 0 spiro atoms. The number of rotatable bonds is 4. The molecule has 0 aliphatic carbocycles. The lowest BCUT2D eigenvalue weighted by molar-refractivity contribution is -0.189. The lowest BCUT2D eigenvalue weighted by Gasteiger charge is -2.39. The number of nitrogens with one attached hydrogen (secondary N) is 1. The Balaban J connectivity index is 1.53. The van der Waals surface area contributed by atoms with Crippen LogP contribution in [0.15, 0.2) is 24.3 Å². The highest BCUT2D eigenvalue weighted by Crippen LogP contribution is 2.34. The van der Waals surface area contributed by atoms with Crippen molar-refractivity contribution < 1.29 is 24.2 Å². The molecule has 136 valence electrons. The van der Waals surface area contributed by atoms with Crippen molar-refractivity contribution in [3.8, 4) is 0 Å². The first-order valence-electron chi connectivity index (χ1n) is 8.61. The van der Waals surface area contributed by atoms with E-state index in [2.05, 4.69) is 5.32 Å². The maximum Gasteiger partial charge on any atom is 0.335 e. The molecule has 0 saturated carbocycles. The second-order valence-electron chi connectivity index (χ2n) is 6.66. The molecular formula is C18H24N2O5. The van der Waals surface area contributed by atoms with E-state index >= 15 is 0 Å². The van der Waals surface area contributed by atoms with Gasteiger partial charge in [-0.05, 0) is 37.5 Å². The third-order valence-corrected chi connectivity index (χ3v) is 4.96. The molecular weight excluding hydrogens is 324 g/mol. The summed E-state index contributed by atoms with van der Waals surface area (Å²) in [6.07, 6.45) is 1.91. The van der Waals surface area contributed by atoms with E-state index in [1.54, 1.807) is 17.0 Å². The molecule has 3 rings (SSSR count). The number of nitrogens with zero attached hydrogens (tertiary/aromatic N) is 1. The van der Waals surface area contributed by atoms with Crippen LogP contribution in [0.4, 0.5) is 4.79 Å². The number of carbonyl (C=O) groups excluding carboxylic acids is 1. The number of carbonyl (C=O) groups is 2. The molecule has 2 aliphatic heterocycles. The summed E-state index contributed by atoms with van der Waals surface area (Å²) in [6.45, 7) is 4.86. The number of likely N-dealkylation sites (tertiary alicyclic amines) is 1. The van der Waals surface area contributed by atoms with Crippen molar-refractivity contribution in [1.82, 2.24) is 10.2 Å². The average molecular weight is 348 g/mol. The number of piperidine rings is 1. The van der Waals surface area contributed by atoms with Gasteiger partial charge in [0.2, 0.25) is 0 Å². The molecule has 2 N–H and O–H groups in total. The van der Waals surface area contributed by atoms with E-state index in [1.807, 2.05) is 6.92 Å². The molecule has 25 heavy (non-hydrogen) atoms. The highest BCUT2D eigenvalue weighted by atomic mass is 16.7. The van der Waals surface area contributed by atoms with Crippen LogP contribution < -0.4 is 5.32 Å². The van der Waals surface area contributed by atoms with Crippen LogP contribution in [0.5, 0.6) is 0 Å². The Hall–Kier alpha value is -2.12. The van der Waals surface area contributed by atoms with E-state index in [0.29, 0.717) is 26.3 Å². The summed E-state index contributed by atoms with van der Waals surface area (Å²) in [5.41, 5.74) is 1.10. The normalized spacial score (nSPS) is 22.6. The molecule has 1 aromatic carbocycles. The lowest BCUT2D eigenvalue weighted by Crippen LogP contribution is -2.51. The first kappa shape index (κ1) is 17.7. The number of carboxylic acid groups (broad SMARTS) is 1. The smallest absolute Gasteiger partial charge is 0.335 e. The third kappa shape index (κ3) is 4.11. The van der Waals surface area contributed by atoms with Crippen molar-refractivity contribution in [1.29, 1.82) is 0 Å². The fourth-order valence-corrected chi connectivity index (χ4v) is 3.41. The quantitative estimate of drug-likeness (QED) is 0.870. The van der Waals surface area contributed by atoms with Gasteiger partial charge < -0.3 is 24.8 Å². The summed E-state index contributed by atoms with van der Waals surface area (Å²) >= 11 is 0. The molecule has 2 saturated heterocycles. The number of ether oxygens (including phenoxy) is 2. The Labute approximate surface area is 146 Å². The van der Waals surface area contributed by atoms with E-state index in [1.165, 1.54) is 12.1 Å². The predicted molar refractivity (Wildman–Crippen MR) is 90.2 cm³/mol.